The summed E-state index contributed by atoms with van der Waals surface area (Å²) in [7, 11) is -3.85. The second-order valence-corrected chi connectivity index (χ2v) is 8.53. The minimum absolute atomic E-state index is 0.241. The molecule has 2 aromatic rings. The smallest absolute Gasteiger partial charge is 0.242 e. The third-order valence-electron chi connectivity index (χ3n) is 4.72. The van der Waals surface area contributed by atoms with Gasteiger partial charge in [-0.15, -0.1) is 0 Å². The molecule has 0 fully saturated rings. The van der Waals surface area contributed by atoms with Gasteiger partial charge >= 0.3 is 0 Å². The molecule has 0 aliphatic carbocycles. The first kappa shape index (κ1) is 21.9. The largest absolute Gasteiger partial charge is 0.494 e. The van der Waals surface area contributed by atoms with Gasteiger partial charge in [0, 0.05) is 5.69 Å². The Morgan fingerprint density at radius 1 is 1.04 bits per heavy atom. The Kier molecular flexibility index (Phi) is 6.85. The fourth-order valence-electron chi connectivity index (χ4n) is 2.98. The molecule has 1 atom stereocenters. The highest BCUT2D eigenvalue weighted by atomic mass is 32.2. The second kappa shape index (κ2) is 8.75. The van der Waals surface area contributed by atoms with E-state index < -0.39 is 22.0 Å². The average molecular weight is 405 g/mol. The van der Waals surface area contributed by atoms with E-state index in [1.165, 1.54) is 6.92 Å². The first-order valence-corrected chi connectivity index (χ1v) is 10.7. The van der Waals surface area contributed by atoms with E-state index in [0.29, 0.717) is 29.2 Å². The molecule has 152 valence electrons. The van der Waals surface area contributed by atoms with Gasteiger partial charge in [0.25, 0.3) is 0 Å². The van der Waals surface area contributed by atoms with Crippen molar-refractivity contribution in [1.82, 2.24) is 4.72 Å². The van der Waals surface area contributed by atoms with E-state index in [0.717, 1.165) is 11.1 Å². The van der Waals surface area contributed by atoms with Crippen LogP contribution in [-0.4, -0.2) is 27.0 Å². The minimum Gasteiger partial charge on any atom is -0.494 e. The summed E-state index contributed by atoms with van der Waals surface area (Å²) in [6, 6.07) is 7.94. The number of anilines is 1. The number of amides is 1. The van der Waals surface area contributed by atoms with Crippen LogP contribution in [0.3, 0.4) is 0 Å². The van der Waals surface area contributed by atoms with E-state index in [1.54, 1.807) is 38.1 Å². The highest BCUT2D eigenvalue weighted by Gasteiger charge is 2.26. The Morgan fingerprint density at radius 2 is 1.57 bits per heavy atom. The van der Waals surface area contributed by atoms with Crippen molar-refractivity contribution in [1.29, 1.82) is 0 Å². The number of rotatable bonds is 7. The summed E-state index contributed by atoms with van der Waals surface area (Å²) in [5.74, 6) is 0.266. The lowest BCUT2D eigenvalue weighted by molar-refractivity contribution is -0.117. The quantitative estimate of drug-likeness (QED) is 0.738. The van der Waals surface area contributed by atoms with Crippen LogP contribution in [0.5, 0.6) is 5.75 Å². The van der Waals surface area contributed by atoms with Gasteiger partial charge in [-0.3, -0.25) is 4.79 Å². The summed E-state index contributed by atoms with van der Waals surface area (Å²) in [6.45, 7) is 11.3. The number of hydrogen-bond acceptors (Lipinski definition) is 4. The van der Waals surface area contributed by atoms with Crippen molar-refractivity contribution in [3.05, 3.63) is 52.6 Å². The van der Waals surface area contributed by atoms with Crippen LogP contribution in [0.25, 0.3) is 0 Å². The van der Waals surface area contributed by atoms with Crippen molar-refractivity contribution < 1.29 is 17.9 Å². The first-order valence-electron chi connectivity index (χ1n) is 9.20. The van der Waals surface area contributed by atoms with Crippen molar-refractivity contribution >= 4 is 21.6 Å². The maximum atomic E-state index is 13.0. The van der Waals surface area contributed by atoms with Crippen LogP contribution in [0, 0.1) is 27.7 Å². The summed E-state index contributed by atoms with van der Waals surface area (Å²) < 4.78 is 33.8. The van der Waals surface area contributed by atoms with Gasteiger partial charge in [-0.2, -0.15) is 4.72 Å². The maximum absolute atomic E-state index is 13.0. The highest BCUT2D eigenvalue weighted by Crippen LogP contribution is 2.26. The van der Waals surface area contributed by atoms with E-state index in [1.807, 2.05) is 26.8 Å². The molecule has 0 aromatic heterocycles. The second-order valence-electron chi connectivity index (χ2n) is 6.88. The Morgan fingerprint density at radius 3 is 2.07 bits per heavy atom. The van der Waals surface area contributed by atoms with Gasteiger partial charge < -0.3 is 10.1 Å². The number of aryl methyl sites for hydroxylation is 2. The van der Waals surface area contributed by atoms with E-state index in [9.17, 15) is 13.2 Å². The lowest BCUT2D eigenvalue weighted by atomic mass is 10.0. The molecule has 7 heteroatoms. The predicted octanol–water partition coefficient (Wildman–Crippen LogP) is 3.62. The molecule has 0 unspecified atom stereocenters. The van der Waals surface area contributed by atoms with Crippen LogP contribution < -0.4 is 14.8 Å². The van der Waals surface area contributed by atoms with Crippen LogP contribution in [0.15, 0.2) is 35.2 Å². The van der Waals surface area contributed by atoms with Crippen LogP contribution in [-0.2, 0) is 14.8 Å². The Balaban J connectivity index is 2.17. The number of ether oxygens (including phenoxy) is 1. The number of sulfonamides is 1. The fraction of sp³-hybridized carbons (Fsp3) is 0.381. The van der Waals surface area contributed by atoms with Crippen molar-refractivity contribution in [3.63, 3.8) is 0 Å². The van der Waals surface area contributed by atoms with Gasteiger partial charge in [-0.05, 0) is 88.1 Å². The van der Waals surface area contributed by atoms with Gasteiger partial charge in [0.1, 0.15) is 5.75 Å². The van der Waals surface area contributed by atoms with Crippen LogP contribution >= 0.6 is 0 Å². The molecular weight excluding hydrogens is 376 g/mol. The Hall–Kier alpha value is -2.38. The van der Waals surface area contributed by atoms with Gasteiger partial charge in [-0.1, -0.05) is 6.07 Å². The summed E-state index contributed by atoms with van der Waals surface area (Å²) in [4.78, 5) is 12.7. The lowest BCUT2D eigenvalue weighted by Gasteiger charge is -2.19. The zero-order valence-electron chi connectivity index (χ0n) is 17.2. The molecule has 1 amide bonds. The summed E-state index contributed by atoms with van der Waals surface area (Å²) in [5, 5.41) is 2.72. The molecule has 0 spiro atoms. The van der Waals surface area contributed by atoms with Crippen molar-refractivity contribution in [3.8, 4) is 5.75 Å². The zero-order chi connectivity index (χ0) is 21.1. The topological polar surface area (TPSA) is 84.5 Å². The van der Waals surface area contributed by atoms with E-state index >= 15 is 0 Å². The minimum atomic E-state index is -3.85. The summed E-state index contributed by atoms with van der Waals surface area (Å²) in [6.07, 6.45) is 0. The number of hydrogen-bond donors (Lipinski definition) is 2. The van der Waals surface area contributed by atoms with Gasteiger partial charge in [0.05, 0.1) is 17.5 Å². The first-order chi connectivity index (χ1) is 13.1. The molecule has 0 radical (unpaired) electrons. The third kappa shape index (κ3) is 4.91. The molecule has 2 aromatic carbocycles. The molecule has 0 aliphatic rings. The zero-order valence-corrected chi connectivity index (χ0v) is 18.0. The van der Waals surface area contributed by atoms with E-state index in [4.69, 9.17) is 4.74 Å². The molecule has 0 saturated carbocycles. The fourth-order valence-corrected chi connectivity index (χ4v) is 4.80. The number of carbonyl (C=O) groups excluding carboxylic acids is 1. The van der Waals surface area contributed by atoms with Crippen LogP contribution in [0.4, 0.5) is 5.69 Å². The van der Waals surface area contributed by atoms with Crippen molar-refractivity contribution in [2.24, 2.45) is 0 Å². The molecular formula is C21H28N2O4S. The number of carbonyl (C=O) groups is 1. The predicted molar refractivity (Wildman–Crippen MR) is 111 cm³/mol. The summed E-state index contributed by atoms with van der Waals surface area (Å²) >= 11 is 0. The molecule has 6 nitrogen and oxygen atoms in total. The Labute approximate surface area is 167 Å². The number of benzene rings is 2. The van der Waals surface area contributed by atoms with Gasteiger partial charge in [0.15, 0.2) is 0 Å². The molecule has 0 aliphatic heterocycles. The maximum Gasteiger partial charge on any atom is 0.242 e. The lowest BCUT2D eigenvalue weighted by Crippen LogP contribution is -2.42. The highest BCUT2D eigenvalue weighted by molar-refractivity contribution is 7.89. The van der Waals surface area contributed by atoms with Gasteiger partial charge in [0.2, 0.25) is 15.9 Å². The molecule has 28 heavy (non-hydrogen) atoms. The molecule has 0 heterocycles. The van der Waals surface area contributed by atoms with E-state index in [-0.39, 0.29) is 4.90 Å². The normalized spacial score (nSPS) is 12.5. The molecule has 0 saturated heterocycles. The average Bonchev–Trinajstić information content (AvgIpc) is 2.61. The SMILES string of the molecule is CCOc1ccc(NC(=O)[C@H](C)NS(=O)(=O)c2c(C)c(C)cc(C)c2C)cc1. The third-order valence-corrected chi connectivity index (χ3v) is 6.54. The van der Waals surface area contributed by atoms with Gasteiger partial charge in [-0.25, -0.2) is 8.42 Å². The standard InChI is InChI=1S/C21H28N2O4S/c1-7-27-19-10-8-18(9-11-19)22-21(24)17(6)23-28(25,26)20-15(4)13(2)12-14(3)16(20)5/h8-12,17,23H,7H2,1-6H3,(H,22,24)/t17-/m0/s1. The summed E-state index contributed by atoms with van der Waals surface area (Å²) in [5.41, 5.74) is 3.74. The number of nitrogens with one attached hydrogen (secondary N) is 2. The van der Waals surface area contributed by atoms with Crippen molar-refractivity contribution in [2.75, 3.05) is 11.9 Å². The van der Waals surface area contributed by atoms with E-state index in [2.05, 4.69) is 10.0 Å². The Bertz CT molecular complexity index is 941. The molecule has 2 N–H and O–H groups in total. The monoisotopic (exact) mass is 404 g/mol. The van der Waals surface area contributed by atoms with Crippen LogP contribution in [0.2, 0.25) is 0 Å². The molecule has 2 rings (SSSR count). The van der Waals surface area contributed by atoms with Crippen molar-refractivity contribution in [2.45, 2.75) is 52.5 Å². The molecule has 0 bridgehead atoms. The van der Waals surface area contributed by atoms with Crippen LogP contribution in [0.1, 0.15) is 36.1 Å².